The lowest BCUT2D eigenvalue weighted by atomic mass is 9.77. The molecule has 1 unspecified atom stereocenters. The van der Waals surface area contributed by atoms with Crippen LogP contribution >= 0.6 is 0 Å². The van der Waals surface area contributed by atoms with Gasteiger partial charge in [-0.15, -0.1) is 0 Å². The normalized spacial score (nSPS) is 14.4. The molecule has 9 aromatic carbocycles. The van der Waals surface area contributed by atoms with Gasteiger partial charge in [0.1, 0.15) is 5.41 Å². The van der Waals surface area contributed by atoms with Crippen molar-refractivity contribution in [3.05, 3.63) is 230 Å². The van der Waals surface area contributed by atoms with E-state index < -0.39 is 11.6 Å². The molecule has 1 atom stereocenters. The van der Waals surface area contributed by atoms with Gasteiger partial charge in [-0.25, -0.2) is 0 Å². The van der Waals surface area contributed by atoms with Gasteiger partial charge in [-0.2, -0.15) is 13.2 Å². The highest BCUT2D eigenvalue weighted by atomic mass is 19.4. The van der Waals surface area contributed by atoms with Gasteiger partial charge in [-0.3, -0.25) is 0 Å². The fourth-order valence-electron chi connectivity index (χ4n) is 8.88. The van der Waals surface area contributed by atoms with E-state index in [1.807, 2.05) is 157 Å². The van der Waals surface area contributed by atoms with Gasteiger partial charge in [-0.05, 0) is 135 Å². The number of rotatable bonds is 8. The van der Waals surface area contributed by atoms with Gasteiger partial charge >= 0.3 is 6.18 Å². The Morgan fingerprint density at radius 1 is 0.367 bits per heavy atom. The van der Waals surface area contributed by atoms with Crippen molar-refractivity contribution < 1.29 is 13.2 Å². The summed E-state index contributed by atoms with van der Waals surface area (Å²) < 4.78 is 48.0. The van der Waals surface area contributed by atoms with Crippen LogP contribution in [0.5, 0.6) is 0 Å². The Morgan fingerprint density at radius 2 is 0.750 bits per heavy atom. The van der Waals surface area contributed by atoms with Crippen molar-refractivity contribution in [3.63, 3.8) is 0 Å². The molecule has 1 aliphatic carbocycles. The van der Waals surface area contributed by atoms with Crippen molar-refractivity contribution >= 4 is 44.9 Å². The Balaban J connectivity index is 1.08. The fourth-order valence-corrected chi connectivity index (χ4v) is 8.88. The number of para-hydroxylation sites is 2. The summed E-state index contributed by atoms with van der Waals surface area (Å²) >= 11 is 0. The molecule has 0 saturated carbocycles. The average molecular weight is 785 g/mol. The van der Waals surface area contributed by atoms with E-state index >= 15 is 13.2 Å². The van der Waals surface area contributed by atoms with Crippen LogP contribution in [0.25, 0.3) is 44.2 Å². The molecule has 0 N–H and O–H groups in total. The molecule has 0 aliphatic heterocycles. The van der Waals surface area contributed by atoms with Crippen LogP contribution in [0.15, 0.2) is 218 Å². The first kappa shape index (κ1) is 36.9. The van der Waals surface area contributed by atoms with E-state index in [2.05, 4.69) is 65.6 Å². The molecule has 60 heavy (non-hydrogen) atoms. The zero-order valence-corrected chi connectivity index (χ0v) is 32.8. The van der Waals surface area contributed by atoms with E-state index in [-0.39, 0.29) is 11.1 Å². The maximum absolute atomic E-state index is 16.0. The molecule has 1 aliphatic rings. The Bertz CT molecular complexity index is 2950. The van der Waals surface area contributed by atoms with E-state index in [1.165, 1.54) is 6.92 Å². The second kappa shape index (κ2) is 14.8. The summed E-state index contributed by atoms with van der Waals surface area (Å²) in [6.45, 7) is 1.35. The van der Waals surface area contributed by atoms with E-state index in [0.717, 1.165) is 56.1 Å². The van der Waals surface area contributed by atoms with Crippen molar-refractivity contribution in [2.24, 2.45) is 0 Å². The molecule has 0 saturated heterocycles. The highest BCUT2D eigenvalue weighted by Crippen LogP contribution is 2.59. The van der Waals surface area contributed by atoms with Crippen LogP contribution < -0.4 is 9.80 Å². The van der Waals surface area contributed by atoms with Gasteiger partial charge in [0.25, 0.3) is 0 Å². The summed E-state index contributed by atoms with van der Waals surface area (Å²) in [5.74, 6) is 0. The number of nitrogens with zero attached hydrogens (tertiary/aromatic N) is 2. The number of hydrogen-bond acceptors (Lipinski definition) is 2. The number of anilines is 6. The molecule has 0 radical (unpaired) electrons. The third-order valence-electron chi connectivity index (χ3n) is 11.9. The van der Waals surface area contributed by atoms with Crippen molar-refractivity contribution in [2.75, 3.05) is 9.80 Å². The van der Waals surface area contributed by atoms with E-state index in [4.69, 9.17) is 0 Å². The molecule has 5 heteroatoms. The van der Waals surface area contributed by atoms with Crippen LogP contribution in [0, 0.1) is 0 Å². The molecule has 0 aromatic heterocycles. The van der Waals surface area contributed by atoms with E-state index in [0.29, 0.717) is 22.2 Å². The Hall–Kier alpha value is -7.37. The van der Waals surface area contributed by atoms with Crippen molar-refractivity contribution in [1.29, 1.82) is 0 Å². The van der Waals surface area contributed by atoms with Crippen molar-refractivity contribution in [3.8, 4) is 33.4 Å². The molecule has 0 amide bonds. The van der Waals surface area contributed by atoms with Crippen molar-refractivity contribution in [2.45, 2.75) is 18.5 Å². The van der Waals surface area contributed by atoms with E-state index in [9.17, 15) is 0 Å². The van der Waals surface area contributed by atoms with Gasteiger partial charge < -0.3 is 9.80 Å². The van der Waals surface area contributed by atoms with Gasteiger partial charge in [-0.1, -0.05) is 146 Å². The Labute approximate surface area is 348 Å². The second-order valence-electron chi connectivity index (χ2n) is 15.4. The SMILES string of the molecule is CC1(C(F)(F)F)c2cc(N(c3ccccc3)c3ccc(-c4ccccc4)cc3)ccc2-c2ccc3cc(N(c4ccccc4)c4ccc(-c5ccccc5)cc4)ccc3c21. The van der Waals surface area contributed by atoms with Crippen LogP contribution in [-0.2, 0) is 5.41 Å². The van der Waals surface area contributed by atoms with Crippen LogP contribution in [0.3, 0.4) is 0 Å². The Morgan fingerprint density at radius 3 is 1.23 bits per heavy atom. The second-order valence-corrected chi connectivity index (χ2v) is 15.4. The number of fused-ring (bicyclic) bond motifs is 5. The molecule has 0 heterocycles. The summed E-state index contributed by atoms with van der Waals surface area (Å²) in [4.78, 5) is 4.18. The van der Waals surface area contributed by atoms with E-state index in [1.54, 1.807) is 6.07 Å². The first-order valence-electron chi connectivity index (χ1n) is 20.1. The monoisotopic (exact) mass is 784 g/mol. The molecular weight excluding hydrogens is 746 g/mol. The lowest BCUT2D eigenvalue weighted by Gasteiger charge is -2.32. The third-order valence-corrected chi connectivity index (χ3v) is 11.9. The summed E-state index contributed by atoms with van der Waals surface area (Å²) in [6, 6.07) is 72.0. The lowest BCUT2D eigenvalue weighted by molar-refractivity contribution is -0.171. The van der Waals surface area contributed by atoms with Gasteiger partial charge in [0.2, 0.25) is 0 Å². The highest BCUT2D eigenvalue weighted by Gasteiger charge is 2.59. The lowest BCUT2D eigenvalue weighted by Crippen LogP contribution is -2.39. The molecule has 0 spiro atoms. The molecule has 2 nitrogen and oxygen atoms in total. The average Bonchev–Trinajstić information content (AvgIpc) is 3.57. The summed E-state index contributed by atoms with van der Waals surface area (Å²) in [7, 11) is 0. The zero-order valence-electron chi connectivity index (χ0n) is 32.8. The van der Waals surface area contributed by atoms with Crippen LogP contribution in [-0.4, -0.2) is 6.18 Å². The summed E-state index contributed by atoms with van der Waals surface area (Å²) in [6.07, 6.45) is -4.59. The minimum absolute atomic E-state index is 0.241. The predicted molar refractivity (Wildman–Crippen MR) is 242 cm³/mol. The van der Waals surface area contributed by atoms with Crippen molar-refractivity contribution in [1.82, 2.24) is 0 Å². The molecule has 10 rings (SSSR count). The minimum atomic E-state index is -4.59. The topological polar surface area (TPSA) is 6.48 Å². The number of alkyl halides is 3. The first-order valence-corrected chi connectivity index (χ1v) is 20.1. The van der Waals surface area contributed by atoms with Gasteiger partial charge in [0, 0.05) is 34.1 Å². The van der Waals surface area contributed by atoms with Gasteiger partial charge in [0.05, 0.1) is 0 Å². The summed E-state index contributed by atoms with van der Waals surface area (Å²) in [5.41, 5.74) is 8.92. The minimum Gasteiger partial charge on any atom is -0.310 e. The summed E-state index contributed by atoms with van der Waals surface area (Å²) in [5, 5.41) is 1.32. The highest BCUT2D eigenvalue weighted by molar-refractivity contribution is 6.00. The molecular formula is C55H39F3N2. The maximum Gasteiger partial charge on any atom is 0.402 e. The first-order chi connectivity index (χ1) is 29.3. The quantitative estimate of drug-likeness (QED) is 0.151. The number of benzene rings is 9. The third kappa shape index (κ3) is 6.31. The smallest absolute Gasteiger partial charge is 0.310 e. The fraction of sp³-hybridized carbons (Fsp3) is 0.0545. The zero-order chi connectivity index (χ0) is 40.8. The van der Waals surface area contributed by atoms with Crippen LogP contribution in [0.4, 0.5) is 47.3 Å². The standard InChI is InChI=1S/C55H39F3N2/c1-54(55(56,57)58)52-37-48(60(44-20-12-5-13-21-44)46-29-24-41(25-30-46)39-16-8-3-9-17-39)32-35-50(52)51-33-26-42-36-47(31-34-49(42)53(51)54)59(43-18-10-4-11-19-43)45-27-22-40(23-28-45)38-14-6-2-7-15-38/h2-37H,1H3. The maximum atomic E-state index is 16.0. The Kier molecular flexibility index (Phi) is 9.10. The van der Waals surface area contributed by atoms with Crippen LogP contribution in [0.2, 0.25) is 0 Å². The predicted octanol–water partition coefficient (Wildman–Crippen LogP) is 16.0. The van der Waals surface area contributed by atoms with Gasteiger partial charge in [0.15, 0.2) is 0 Å². The molecule has 0 fully saturated rings. The number of halogens is 3. The largest absolute Gasteiger partial charge is 0.402 e. The molecule has 0 bridgehead atoms. The number of hydrogen-bond donors (Lipinski definition) is 0. The van der Waals surface area contributed by atoms with Crippen LogP contribution in [0.1, 0.15) is 18.1 Å². The molecule has 290 valence electrons. The molecule has 9 aromatic rings.